The molecule has 194 valence electrons. The van der Waals surface area contributed by atoms with Crippen molar-refractivity contribution in [2.24, 2.45) is 35.0 Å². The molecule has 2 unspecified atom stereocenters. The van der Waals surface area contributed by atoms with E-state index in [1.165, 1.54) is 25.3 Å². The maximum absolute atomic E-state index is 11.2. The van der Waals surface area contributed by atoms with Gasteiger partial charge in [-0.3, -0.25) is 4.79 Å². The number of nitrogens with zero attached hydrogens (tertiary/aromatic N) is 1. The number of benzene rings is 1. The fourth-order valence-corrected chi connectivity index (χ4v) is 5.25. The number of rotatable bonds is 6. The van der Waals surface area contributed by atoms with Crippen molar-refractivity contribution in [2.45, 2.75) is 58.2 Å². The Bertz CT molecular complexity index is 882. The number of nitrogens with one attached hydrogen (secondary N) is 1. The highest BCUT2D eigenvalue weighted by Crippen LogP contribution is 2.41. The fraction of sp³-hybridized carbons (Fsp3) is 0.593. The van der Waals surface area contributed by atoms with E-state index in [4.69, 9.17) is 37.6 Å². The van der Waals surface area contributed by atoms with E-state index >= 15 is 0 Å². The summed E-state index contributed by atoms with van der Waals surface area (Å²) >= 11 is 0. The van der Waals surface area contributed by atoms with E-state index in [2.05, 4.69) is 10.2 Å². The molecule has 0 aromatic heterocycles. The molecule has 7 nitrogen and oxygen atoms in total. The SMILES string of the molecule is C.CCC(=O)Nc1ccc(/C(N)=C/C=C(N)N)cc1.[B]C([B])(C1CCOCC1)N1CC2CCCC2C1. The van der Waals surface area contributed by atoms with Crippen LogP contribution in [0.15, 0.2) is 42.2 Å². The number of nitrogens with two attached hydrogens (primary N) is 3. The van der Waals surface area contributed by atoms with Crippen LogP contribution in [0.5, 0.6) is 0 Å². The number of anilines is 1. The van der Waals surface area contributed by atoms with Crippen LogP contribution in [0.2, 0.25) is 0 Å². The van der Waals surface area contributed by atoms with Gasteiger partial charge in [0.1, 0.15) is 0 Å². The highest BCUT2D eigenvalue weighted by Gasteiger charge is 2.43. The molecule has 3 fully saturated rings. The minimum absolute atomic E-state index is 0. The molecular weight excluding hydrogens is 448 g/mol. The molecule has 1 amide bonds. The highest BCUT2D eigenvalue weighted by molar-refractivity contribution is 6.40. The van der Waals surface area contributed by atoms with E-state index in [0.717, 1.165) is 62.2 Å². The number of carbonyl (C=O) groups is 1. The lowest BCUT2D eigenvalue weighted by atomic mass is 9.52. The maximum Gasteiger partial charge on any atom is 0.224 e. The molecule has 7 N–H and O–H groups in total. The summed E-state index contributed by atoms with van der Waals surface area (Å²) in [5.74, 6) is 2.30. The van der Waals surface area contributed by atoms with Gasteiger partial charge in [0.05, 0.1) is 21.5 Å². The number of ether oxygens (including phenoxy) is 1. The van der Waals surface area contributed by atoms with Crippen LogP contribution in [0.4, 0.5) is 5.69 Å². The van der Waals surface area contributed by atoms with Crippen molar-refractivity contribution in [3.8, 4) is 0 Å². The molecule has 1 aromatic carbocycles. The number of amides is 1. The predicted octanol–water partition coefficient (Wildman–Crippen LogP) is 2.87. The molecular formula is C27H43B2N5O2. The van der Waals surface area contributed by atoms with Crippen LogP contribution >= 0.6 is 0 Å². The van der Waals surface area contributed by atoms with Gasteiger partial charge in [-0.2, -0.15) is 0 Å². The largest absolute Gasteiger partial charge is 0.398 e. The van der Waals surface area contributed by atoms with Gasteiger partial charge < -0.3 is 32.2 Å². The van der Waals surface area contributed by atoms with Crippen LogP contribution in [-0.4, -0.2) is 58.1 Å². The Kier molecular flexibility index (Phi) is 11.4. The van der Waals surface area contributed by atoms with Gasteiger partial charge in [-0.05, 0) is 73.3 Å². The standard InChI is InChI=1S/C13H21B2NO.C13H18N4O.CH4/c14-13(15,12-4-6-17-7-5-12)16-8-10-2-1-3-11(10)9-16;1-2-13(18)17-10-5-3-9(4-6-10)11(14)7-8-12(15)16;/h10-12H,1-9H2;3-8H,2,14-16H2,1H3,(H,17,18);1H4/b;11-7-;. The molecule has 2 heterocycles. The zero-order valence-electron chi connectivity index (χ0n) is 20.9. The van der Waals surface area contributed by atoms with Gasteiger partial charge in [0.2, 0.25) is 5.91 Å². The van der Waals surface area contributed by atoms with E-state index in [0.29, 0.717) is 18.0 Å². The lowest BCUT2D eigenvalue weighted by Gasteiger charge is -2.45. The molecule has 1 aliphatic carbocycles. The lowest BCUT2D eigenvalue weighted by molar-refractivity contribution is -0.115. The number of hydrogen-bond acceptors (Lipinski definition) is 6. The predicted molar refractivity (Wildman–Crippen MR) is 151 cm³/mol. The third kappa shape index (κ3) is 8.07. The first-order chi connectivity index (χ1) is 16.7. The van der Waals surface area contributed by atoms with E-state index in [1.54, 1.807) is 25.1 Å². The van der Waals surface area contributed by atoms with Crippen molar-refractivity contribution < 1.29 is 9.53 Å². The van der Waals surface area contributed by atoms with Crippen molar-refractivity contribution in [3.05, 3.63) is 47.8 Å². The first-order valence-electron chi connectivity index (χ1n) is 12.7. The Morgan fingerprint density at radius 2 is 1.64 bits per heavy atom. The average molecular weight is 491 g/mol. The van der Waals surface area contributed by atoms with Crippen LogP contribution < -0.4 is 22.5 Å². The summed E-state index contributed by atoms with van der Waals surface area (Å²) in [6, 6.07) is 7.22. The smallest absolute Gasteiger partial charge is 0.224 e. The van der Waals surface area contributed by atoms with Crippen molar-refractivity contribution in [1.82, 2.24) is 4.90 Å². The zero-order chi connectivity index (χ0) is 25.4. The molecule has 3 aliphatic rings. The molecule has 9 heteroatoms. The minimum Gasteiger partial charge on any atom is -0.398 e. The summed E-state index contributed by atoms with van der Waals surface area (Å²) in [5, 5.41) is 2.15. The van der Waals surface area contributed by atoms with Gasteiger partial charge in [0, 0.05) is 44.1 Å². The van der Waals surface area contributed by atoms with Crippen LogP contribution in [0.3, 0.4) is 0 Å². The fourth-order valence-electron chi connectivity index (χ4n) is 5.25. The van der Waals surface area contributed by atoms with Crippen molar-refractivity contribution in [2.75, 3.05) is 31.6 Å². The molecule has 1 aromatic rings. The molecule has 0 spiro atoms. The van der Waals surface area contributed by atoms with Crippen molar-refractivity contribution in [3.63, 3.8) is 0 Å². The average Bonchev–Trinajstić information content (AvgIpc) is 3.47. The molecule has 0 bridgehead atoms. The second kappa shape index (κ2) is 13.8. The third-order valence-electron chi connectivity index (χ3n) is 7.43. The Balaban J connectivity index is 0.000000247. The molecule has 36 heavy (non-hydrogen) atoms. The molecule has 4 rings (SSSR count). The van der Waals surface area contributed by atoms with Gasteiger partial charge in [-0.15, -0.1) is 0 Å². The van der Waals surface area contributed by atoms with Crippen molar-refractivity contribution in [1.29, 1.82) is 0 Å². The first-order valence-corrected chi connectivity index (χ1v) is 12.7. The quantitative estimate of drug-likeness (QED) is 0.359. The minimum atomic E-state index is -0.603. The molecule has 4 radical (unpaired) electrons. The first kappa shape index (κ1) is 29.8. The summed E-state index contributed by atoms with van der Waals surface area (Å²) in [6.45, 7) is 5.68. The van der Waals surface area contributed by atoms with Crippen LogP contribution in [0, 0.1) is 17.8 Å². The summed E-state index contributed by atoms with van der Waals surface area (Å²) in [6.07, 6.45) is 9.80. The number of hydrogen-bond donors (Lipinski definition) is 4. The monoisotopic (exact) mass is 491 g/mol. The summed E-state index contributed by atoms with van der Waals surface area (Å²) in [5.41, 5.74) is 18.6. The Hall–Kier alpha value is -2.38. The summed E-state index contributed by atoms with van der Waals surface area (Å²) in [4.78, 5) is 13.6. The van der Waals surface area contributed by atoms with E-state index in [1.807, 2.05) is 12.1 Å². The zero-order valence-corrected chi connectivity index (χ0v) is 20.9. The molecule has 2 aliphatic heterocycles. The molecule has 2 atom stereocenters. The second-order valence-corrected chi connectivity index (χ2v) is 9.90. The van der Waals surface area contributed by atoms with Gasteiger partial charge >= 0.3 is 0 Å². The Morgan fingerprint density at radius 1 is 1.06 bits per heavy atom. The summed E-state index contributed by atoms with van der Waals surface area (Å²) in [7, 11) is 12.9. The maximum atomic E-state index is 11.2. The Labute approximate surface area is 220 Å². The van der Waals surface area contributed by atoms with E-state index in [9.17, 15) is 4.79 Å². The Morgan fingerprint density at radius 3 is 2.17 bits per heavy atom. The third-order valence-corrected chi connectivity index (χ3v) is 7.43. The second-order valence-electron chi connectivity index (χ2n) is 9.90. The lowest BCUT2D eigenvalue weighted by Crippen LogP contribution is -2.55. The van der Waals surface area contributed by atoms with Gasteiger partial charge in [0.25, 0.3) is 0 Å². The number of allylic oxidation sites excluding steroid dienone is 2. The van der Waals surface area contributed by atoms with Crippen LogP contribution in [0.1, 0.15) is 58.4 Å². The van der Waals surface area contributed by atoms with Gasteiger partial charge in [0.15, 0.2) is 0 Å². The summed E-state index contributed by atoms with van der Waals surface area (Å²) < 4.78 is 5.40. The number of likely N-dealkylation sites (tertiary alicyclic amines) is 1. The van der Waals surface area contributed by atoms with E-state index in [-0.39, 0.29) is 19.2 Å². The number of carbonyl (C=O) groups excluding carboxylic acids is 1. The van der Waals surface area contributed by atoms with Gasteiger partial charge in [-0.25, -0.2) is 0 Å². The highest BCUT2D eigenvalue weighted by atomic mass is 16.5. The van der Waals surface area contributed by atoms with Gasteiger partial charge in [-0.1, -0.05) is 38.2 Å². The normalized spacial score (nSPS) is 22.5. The molecule has 2 saturated heterocycles. The molecule has 1 saturated carbocycles. The van der Waals surface area contributed by atoms with Crippen LogP contribution in [0.25, 0.3) is 5.70 Å². The van der Waals surface area contributed by atoms with Crippen molar-refractivity contribution >= 4 is 33.0 Å². The van der Waals surface area contributed by atoms with E-state index < -0.39 is 5.34 Å². The number of fused-ring (bicyclic) bond motifs is 1. The topological polar surface area (TPSA) is 120 Å². The van der Waals surface area contributed by atoms with Crippen LogP contribution in [-0.2, 0) is 9.53 Å².